The van der Waals surface area contributed by atoms with E-state index >= 15 is 0 Å². The quantitative estimate of drug-likeness (QED) is 0.749. The van der Waals surface area contributed by atoms with Crippen LogP contribution in [0.3, 0.4) is 0 Å². The van der Waals surface area contributed by atoms with Crippen molar-refractivity contribution in [2.45, 2.75) is 37.7 Å². The van der Waals surface area contributed by atoms with Crippen LogP contribution in [0.5, 0.6) is 0 Å². The standard InChI is InChI=1S/C15H17NO2/c17-11-13-4-3-8-16-14(13)12-5-9-18-15(10-12)6-1-2-7-15/h3-5,8,11H,1-2,6-7,9-10H2. The minimum absolute atomic E-state index is 0.0156. The van der Waals surface area contributed by atoms with Crippen molar-refractivity contribution < 1.29 is 9.53 Å². The number of rotatable bonds is 2. The zero-order chi connectivity index (χ0) is 12.4. The van der Waals surface area contributed by atoms with E-state index in [1.54, 1.807) is 12.3 Å². The van der Waals surface area contributed by atoms with E-state index in [0.717, 1.165) is 31.2 Å². The smallest absolute Gasteiger partial charge is 0.152 e. The molecule has 1 aromatic heterocycles. The highest BCUT2D eigenvalue weighted by molar-refractivity contribution is 5.84. The van der Waals surface area contributed by atoms with Gasteiger partial charge >= 0.3 is 0 Å². The van der Waals surface area contributed by atoms with Crippen molar-refractivity contribution >= 4 is 11.9 Å². The maximum absolute atomic E-state index is 11.1. The SMILES string of the molecule is O=Cc1cccnc1C1=CCOC2(CCCC2)C1. The van der Waals surface area contributed by atoms with Crippen LogP contribution in [0.4, 0.5) is 0 Å². The van der Waals surface area contributed by atoms with Crippen LogP contribution in [-0.4, -0.2) is 23.5 Å². The molecule has 2 heterocycles. The van der Waals surface area contributed by atoms with Gasteiger partial charge in [0.05, 0.1) is 17.9 Å². The predicted octanol–water partition coefficient (Wildman–Crippen LogP) is 3.01. The molecular weight excluding hydrogens is 226 g/mol. The molecule has 0 amide bonds. The van der Waals surface area contributed by atoms with Gasteiger partial charge in [0.2, 0.25) is 0 Å². The highest BCUT2D eigenvalue weighted by atomic mass is 16.5. The number of hydrogen-bond acceptors (Lipinski definition) is 3. The summed E-state index contributed by atoms with van der Waals surface area (Å²) in [5, 5.41) is 0. The lowest BCUT2D eigenvalue weighted by molar-refractivity contribution is -0.0277. The predicted molar refractivity (Wildman–Crippen MR) is 69.4 cm³/mol. The first-order chi connectivity index (χ1) is 8.83. The first-order valence-corrected chi connectivity index (χ1v) is 6.57. The molecule has 1 aliphatic carbocycles. The molecule has 0 N–H and O–H groups in total. The third-order valence-corrected chi connectivity index (χ3v) is 4.02. The maximum atomic E-state index is 11.1. The van der Waals surface area contributed by atoms with Crippen LogP contribution in [0.25, 0.3) is 5.57 Å². The minimum Gasteiger partial charge on any atom is -0.371 e. The van der Waals surface area contributed by atoms with E-state index in [-0.39, 0.29) is 5.60 Å². The Kier molecular flexibility index (Phi) is 3.00. The van der Waals surface area contributed by atoms with Crippen LogP contribution in [0.2, 0.25) is 0 Å². The molecular formula is C15H17NO2. The molecule has 3 heteroatoms. The Balaban J connectivity index is 1.92. The van der Waals surface area contributed by atoms with Crippen molar-refractivity contribution in [1.29, 1.82) is 0 Å². The average Bonchev–Trinajstić information content (AvgIpc) is 2.86. The van der Waals surface area contributed by atoms with Crippen molar-refractivity contribution in [3.05, 3.63) is 35.7 Å². The summed E-state index contributed by atoms with van der Waals surface area (Å²) in [6.45, 7) is 0.643. The van der Waals surface area contributed by atoms with Gasteiger partial charge in [0.25, 0.3) is 0 Å². The monoisotopic (exact) mass is 243 g/mol. The van der Waals surface area contributed by atoms with Crippen LogP contribution in [0.1, 0.15) is 48.2 Å². The molecule has 1 spiro atoms. The van der Waals surface area contributed by atoms with Gasteiger partial charge in [-0.15, -0.1) is 0 Å². The fourth-order valence-electron chi connectivity index (χ4n) is 3.09. The number of nitrogens with zero attached hydrogens (tertiary/aromatic N) is 1. The van der Waals surface area contributed by atoms with E-state index in [1.807, 2.05) is 6.07 Å². The number of pyridine rings is 1. The molecule has 1 aromatic rings. The van der Waals surface area contributed by atoms with E-state index < -0.39 is 0 Å². The molecule has 1 saturated carbocycles. The summed E-state index contributed by atoms with van der Waals surface area (Å²) >= 11 is 0. The summed E-state index contributed by atoms with van der Waals surface area (Å²) in [4.78, 5) is 15.5. The molecule has 18 heavy (non-hydrogen) atoms. The number of aldehydes is 1. The molecule has 0 bridgehead atoms. The highest BCUT2D eigenvalue weighted by Gasteiger charge is 2.37. The van der Waals surface area contributed by atoms with Crippen LogP contribution in [-0.2, 0) is 4.74 Å². The van der Waals surface area contributed by atoms with Gasteiger partial charge in [-0.1, -0.05) is 18.9 Å². The van der Waals surface area contributed by atoms with Crippen LogP contribution in [0, 0.1) is 0 Å². The second kappa shape index (κ2) is 4.65. The fourth-order valence-corrected chi connectivity index (χ4v) is 3.09. The minimum atomic E-state index is 0.0156. The average molecular weight is 243 g/mol. The molecule has 0 atom stereocenters. The molecule has 0 saturated heterocycles. The highest BCUT2D eigenvalue weighted by Crippen LogP contribution is 2.42. The van der Waals surface area contributed by atoms with Gasteiger partial charge in [-0.3, -0.25) is 9.78 Å². The Morgan fingerprint density at radius 2 is 2.17 bits per heavy atom. The molecule has 3 rings (SSSR count). The number of carbonyl (C=O) groups is 1. The second-order valence-electron chi connectivity index (χ2n) is 5.17. The van der Waals surface area contributed by atoms with Crippen molar-refractivity contribution in [2.75, 3.05) is 6.61 Å². The topological polar surface area (TPSA) is 39.2 Å². The van der Waals surface area contributed by atoms with Gasteiger partial charge in [-0.05, 0) is 30.5 Å². The molecule has 1 aliphatic heterocycles. The summed E-state index contributed by atoms with van der Waals surface area (Å²) in [6, 6.07) is 3.63. The van der Waals surface area contributed by atoms with Crippen LogP contribution in [0.15, 0.2) is 24.4 Å². The Labute approximate surface area is 107 Å². The first-order valence-electron chi connectivity index (χ1n) is 6.57. The van der Waals surface area contributed by atoms with Crippen molar-refractivity contribution in [1.82, 2.24) is 4.98 Å². The third-order valence-electron chi connectivity index (χ3n) is 4.02. The largest absolute Gasteiger partial charge is 0.371 e. The van der Waals surface area contributed by atoms with Gasteiger partial charge in [0, 0.05) is 18.2 Å². The molecule has 0 radical (unpaired) electrons. The number of ether oxygens (including phenoxy) is 1. The van der Waals surface area contributed by atoms with E-state index in [2.05, 4.69) is 11.1 Å². The molecule has 0 aromatic carbocycles. The van der Waals surface area contributed by atoms with Gasteiger partial charge < -0.3 is 4.74 Å². The maximum Gasteiger partial charge on any atom is 0.152 e. The molecule has 2 aliphatic rings. The fraction of sp³-hybridized carbons (Fsp3) is 0.467. The van der Waals surface area contributed by atoms with E-state index in [1.165, 1.54) is 18.4 Å². The zero-order valence-corrected chi connectivity index (χ0v) is 10.4. The van der Waals surface area contributed by atoms with E-state index in [4.69, 9.17) is 4.74 Å². The molecule has 0 unspecified atom stereocenters. The second-order valence-corrected chi connectivity index (χ2v) is 5.17. The van der Waals surface area contributed by atoms with Gasteiger partial charge in [0.1, 0.15) is 0 Å². The lowest BCUT2D eigenvalue weighted by atomic mass is 9.88. The molecule has 3 nitrogen and oxygen atoms in total. The summed E-state index contributed by atoms with van der Waals surface area (Å²) < 4.78 is 5.96. The van der Waals surface area contributed by atoms with Crippen molar-refractivity contribution in [2.24, 2.45) is 0 Å². The zero-order valence-electron chi connectivity index (χ0n) is 10.4. The summed E-state index contributed by atoms with van der Waals surface area (Å²) in [7, 11) is 0. The van der Waals surface area contributed by atoms with Crippen molar-refractivity contribution in [3.8, 4) is 0 Å². The molecule has 1 fully saturated rings. The number of hydrogen-bond donors (Lipinski definition) is 0. The van der Waals surface area contributed by atoms with Gasteiger partial charge in [-0.2, -0.15) is 0 Å². The first kappa shape index (κ1) is 11.6. The Hall–Kier alpha value is -1.48. The number of carbonyl (C=O) groups excluding carboxylic acids is 1. The number of aromatic nitrogens is 1. The van der Waals surface area contributed by atoms with E-state index in [0.29, 0.717) is 12.2 Å². The Bertz CT molecular complexity index is 487. The summed E-state index contributed by atoms with van der Waals surface area (Å²) in [5.41, 5.74) is 2.70. The Morgan fingerprint density at radius 3 is 2.94 bits per heavy atom. The van der Waals surface area contributed by atoms with Crippen LogP contribution < -0.4 is 0 Å². The molecule has 94 valence electrons. The Morgan fingerprint density at radius 1 is 1.33 bits per heavy atom. The van der Waals surface area contributed by atoms with Gasteiger partial charge in [0.15, 0.2) is 6.29 Å². The van der Waals surface area contributed by atoms with E-state index in [9.17, 15) is 4.79 Å². The lowest BCUT2D eigenvalue weighted by Crippen LogP contribution is -2.32. The van der Waals surface area contributed by atoms with Crippen molar-refractivity contribution in [3.63, 3.8) is 0 Å². The lowest BCUT2D eigenvalue weighted by Gasteiger charge is -2.33. The third kappa shape index (κ3) is 1.99. The van der Waals surface area contributed by atoms with Gasteiger partial charge in [-0.25, -0.2) is 0 Å². The summed E-state index contributed by atoms with van der Waals surface area (Å²) in [6.07, 6.45) is 10.4. The summed E-state index contributed by atoms with van der Waals surface area (Å²) in [5.74, 6) is 0. The van der Waals surface area contributed by atoms with Crippen LogP contribution >= 0.6 is 0 Å². The normalized spacial score (nSPS) is 21.9.